The lowest BCUT2D eigenvalue weighted by atomic mass is 9.76. The average Bonchev–Trinajstić information content (AvgIpc) is 3.93. The maximum atomic E-state index is 2.58. The summed E-state index contributed by atoms with van der Waals surface area (Å²) in [6.45, 7) is 9.54. The Balaban J connectivity index is 1.16. The maximum absolute atomic E-state index is 2.58. The van der Waals surface area contributed by atoms with Crippen LogP contribution in [-0.4, -0.2) is 0 Å². The molecule has 4 aliphatic carbocycles. The number of hydrogen-bond donors (Lipinski definition) is 0. The third-order valence-electron chi connectivity index (χ3n) is 13.8. The van der Waals surface area contributed by atoms with Crippen molar-refractivity contribution < 1.29 is 0 Å². The molecule has 1 spiro atoms. The summed E-state index contributed by atoms with van der Waals surface area (Å²) >= 11 is 0. The highest BCUT2D eigenvalue weighted by Crippen LogP contribution is 2.59. The number of para-hydroxylation sites is 1. The Morgan fingerprint density at radius 1 is 0.370 bits per heavy atom. The lowest BCUT2D eigenvalue weighted by molar-refractivity contribution is 0.550. The second kappa shape index (κ2) is 11.2. The van der Waals surface area contributed by atoms with E-state index < -0.39 is 0 Å². The van der Waals surface area contributed by atoms with Crippen molar-refractivity contribution in [2.45, 2.75) is 69.6 Å². The van der Waals surface area contributed by atoms with E-state index in [0.29, 0.717) is 0 Å². The van der Waals surface area contributed by atoms with Gasteiger partial charge in [0.2, 0.25) is 0 Å². The molecule has 1 nitrogen and oxygen atoms in total. The molecule has 4 aliphatic rings. The van der Waals surface area contributed by atoms with Crippen LogP contribution >= 0.6 is 0 Å². The van der Waals surface area contributed by atoms with Gasteiger partial charge in [-0.2, -0.15) is 0 Å². The number of rotatable bonds is 4. The van der Waals surface area contributed by atoms with Gasteiger partial charge in [-0.1, -0.05) is 162 Å². The fraction of sp³-hybridized carbons (Fsp3) is 0.208. The number of anilines is 3. The number of benzene rings is 7. The molecule has 1 heteroatoms. The topological polar surface area (TPSA) is 3.24 Å². The molecule has 7 aromatic carbocycles. The van der Waals surface area contributed by atoms with Crippen molar-refractivity contribution in [3.05, 3.63) is 185 Å². The van der Waals surface area contributed by atoms with E-state index in [0.717, 1.165) is 0 Å². The van der Waals surface area contributed by atoms with Crippen molar-refractivity contribution in [1.82, 2.24) is 0 Å². The van der Waals surface area contributed by atoms with Gasteiger partial charge in [-0.15, -0.1) is 0 Å². The molecule has 0 bridgehead atoms. The van der Waals surface area contributed by atoms with Gasteiger partial charge in [-0.3, -0.25) is 0 Å². The highest BCUT2D eigenvalue weighted by molar-refractivity contribution is 5.99. The Bertz CT molecular complexity index is 2680. The van der Waals surface area contributed by atoms with Gasteiger partial charge < -0.3 is 4.90 Å². The van der Waals surface area contributed by atoms with Crippen LogP contribution in [0.15, 0.2) is 152 Å². The summed E-state index contributed by atoms with van der Waals surface area (Å²) in [5.74, 6) is 0. The minimum absolute atomic E-state index is 0.0677. The minimum Gasteiger partial charge on any atom is -0.310 e. The van der Waals surface area contributed by atoms with E-state index in [1.165, 1.54) is 121 Å². The molecule has 0 N–H and O–H groups in total. The molecular weight excluding hydrogens is 651 g/mol. The standard InChI is InChI=1S/C53H45N/c1-51(2)44-22-10-7-19-42(44)50-41(20-15-24-46(50)51)40-18-8-12-25-49(40)54(34-26-28-38-36-16-5-9-21-43(36)52(3,4)47(38)32-34)35-27-29-39-37-17-6-11-23-45(37)53(48(39)33-35)30-13-14-31-53/h5-12,15-29,32-33H,13-14,30-31H2,1-4H3. The van der Waals surface area contributed by atoms with E-state index in [2.05, 4.69) is 184 Å². The van der Waals surface area contributed by atoms with E-state index in [4.69, 9.17) is 0 Å². The van der Waals surface area contributed by atoms with E-state index in [9.17, 15) is 0 Å². The molecular formula is C53H45N. The molecule has 0 aromatic heterocycles. The van der Waals surface area contributed by atoms with Crippen molar-refractivity contribution in [2.75, 3.05) is 4.90 Å². The van der Waals surface area contributed by atoms with Crippen LogP contribution in [0.2, 0.25) is 0 Å². The van der Waals surface area contributed by atoms with E-state index in [1.54, 1.807) is 0 Å². The van der Waals surface area contributed by atoms with Gasteiger partial charge in [0.05, 0.1) is 5.69 Å². The number of fused-ring (bicyclic) bond motifs is 11. The summed E-state index contributed by atoms with van der Waals surface area (Å²) in [5, 5.41) is 0. The Kier molecular flexibility index (Phi) is 6.59. The molecule has 0 atom stereocenters. The summed E-state index contributed by atoms with van der Waals surface area (Å²) in [6, 6.07) is 58.0. The first-order valence-electron chi connectivity index (χ1n) is 19.9. The SMILES string of the molecule is CC1(C)c2ccccc2-c2ccc(N(c3ccc4c(c3)C3(CCCC3)c3ccccc3-4)c3ccccc3-c3cccc4c3-c3ccccc3C4(C)C)cc21. The quantitative estimate of drug-likeness (QED) is 0.177. The molecule has 54 heavy (non-hydrogen) atoms. The third kappa shape index (κ3) is 4.16. The smallest absolute Gasteiger partial charge is 0.0540 e. The maximum Gasteiger partial charge on any atom is 0.0540 e. The summed E-state index contributed by atoms with van der Waals surface area (Å²) < 4.78 is 0. The minimum atomic E-state index is -0.101. The van der Waals surface area contributed by atoms with Gasteiger partial charge >= 0.3 is 0 Å². The third-order valence-corrected chi connectivity index (χ3v) is 13.8. The van der Waals surface area contributed by atoms with Crippen molar-refractivity contribution in [1.29, 1.82) is 0 Å². The molecule has 11 rings (SSSR count). The first-order chi connectivity index (χ1) is 26.3. The Morgan fingerprint density at radius 3 is 1.54 bits per heavy atom. The molecule has 1 saturated carbocycles. The number of nitrogens with zero attached hydrogens (tertiary/aromatic N) is 1. The average molecular weight is 696 g/mol. The van der Waals surface area contributed by atoms with Crippen LogP contribution in [0.25, 0.3) is 44.5 Å². The molecule has 0 radical (unpaired) electrons. The zero-order valence-corrected chi connectivity index (χ0v) is 31.7. The van der Waals surface area contributed by atoms with Crippen molar-refractivity contribution in [2.24, 2.45) is 0 Å². The highest BCUT2D eigenvalue weighted by atomic mass is 15.1. The van der Waals surface area contributed by atoms with Crippen LogP contribution in [0.3, 0.4) is 0 Å². The molecule has 262 valence electrons. The predicted octanol–water partition coefficient (Wildman–Crippen LogP) is 14.3. The van der Waals surface area contributed by atoms with Gasteiger partial charge in [0.15, 0.2) is 0 Å². The van der Waals surface area contributed by atoms with Crippen molar-refractivity contribution >= 4 is 17.1 Å². The monoisotopic (exact) mass is 695 g/mol. The first-order valence-corrected chi connectivity index (χ1v) is 19.9. The lowest BCUT2D eigenvalue weighted by Crippen LogP contribution is -2.21. The van der Waals surface area contributed by atoms with Gasteiger partial charge in [0.25, 0.3) is 0 Å². The van der Waals surface area contributed by atoms with E-state index in [-0.39, 0.29) is 16.2 Å². The lowest BCUT2D eigenvalue weighted by Gasteiger charge is -2.32. The zero-order chi connectivity index (χ0) is 36.4. The summed E-state index contributed by atoms with van der Waals surface area (Å²) in [5.41, 5.74) is 23.0. The molecule has 0 unspecified atom stereocenters. The second-order valence-electron chi connectivity index (χ2n) is 17.2. The van der Waals surface area contributed by atoms with Crippen LogP contribution in [0.4, 0.5) is 17.1 Å². The molecule has 0 amide bonds. The molecule has 7 aromatic rings. The van der Waals surface area contributed by atoms with Crippen LogP contribution < -0.4 is 4.90 Å². The largest absolute Gasteiger partial charge is 0.310 e. The van der Waals surface area contributed by atoms with Crippen LogP contribution in [0, 0.1) is 0 Å². The Morgan fingerprint density at radius 2 is 0.833 bits per heavy atom. The fourth-order valence-electron chi connectivity index (χ4n) is 11.2. The van der Waals surface area contributed by atoms with Gasteiger partial charge in [0, 0.05) is 33.2 Å². The molecule has 1 fully saturated rings. The molecule has 0 aliphatic heterocycles. The normalized spacial score (nSPS) is 17.0. The van der Waals surface area contributed by atoms with Crippen LogP contribution in [0.5, 0.6) is 0 Å². The van der Waals surface area contributed by atoms with Crippen LogP contribution in [-0.2, 0) is 16.2 Å². The van der Waals surface area contributed by atoms with Gasteiger partial charge in [0.1, 0.15) is 0 Å². The summed E-state index contributed by atoms with van der Waals surface area (Å²) in [7, 11) is 0. The van der Waals surface area contributed by atoms with E-state index >= 15 is 0 Å². The molecule has 0 saturated heterocycles. The van der Waals surface area contributed by atoms with E-state index in [1.807, 2.05) is 0 Å². The molecule has 0 heterocycles. The highest BCUT2D eigenvalue weighted by Gasteiger charge is 2.45. The first kappa shape index (κ1) is 31.8. The van der Waals surface area contributed by atoms with Crippen LogP contribution in [0.1, 0.15) is 86.8 Å². The predicted molar refractivity (Wildman–Crippen MR) is 226 cm³/mol. The van der Waals surface area contributed by atoms with Crippen molar-refractivity contribution in [3.8, 4) is 44.5 Å². The van der Waals surface area contributed by atoms with Gasteiger partial charge in [-0.25, -0.2) is 0 Å². The fourth-order valence-corrected chi connectivity index (χ4v) is 11.2. The zero-order valence-electron chi connectivity index (χ0n) is 31.7. The summed E-state index contributed by atoms with van der Waals surface area (Å²) in [4.78, 5) is 2.58. The Labute approximate surface area is 320 Å². The van der Waals surface area contributed by atoms with Crippen molar-refractivity contribution in [3.63, 3.8) is 0 Å². The Hall–Kier alpha value is -5.66. The van der Waals surface area contributed by atoms with Gasteiger partial charge in [-0.05, 0) is 115 Å². The second-order valence-corrected chi connectivity index (χ2v) is 17.2. The number of hydrogen-bond acceptors (Lipinski definition) is 1. The summed E-state index contributed by atoms with van der Waals surface area (Å²) in [6.07, 6.45) is 4.99.